The van der Waals surface area contributed by atoms with Crippen LogP contribution in [0.3, 0.4) is 0 Å². The molecule has 0 saturated carbocycles. The zero-order valence-corrected chi connectivity index (χ0v) is 16.4. The molecule has 0 unspecified atom stereocenters. The molecular formula is C20H22N4O2S. The van der Waals surface area contributed by atoms with Crippen LogP contribution in [0.5, 0.6) is 0 Å². The molecule has 0 aliphatic heterocycles. The van der Waals surface area contributed by atoms with Gasteiger partial charge in [-0.3, -0.25) is 9.59 Å². The van der Waals surface area contributed by atoms with E-state index in [2.05, 4.69) is 10.3 Å². The van der Waals surface area contributed by atoms with Gasteiger partial charge in [-0.1, -0.05) is 17.3 Å². The number of hydrogen-bond donors (Lipinski definition) is 0. The minimum Gasteiger partial charge on any atom is -0.311 e. The second kappa shape index (κ2) is 7.23. The molecule has 3 aromatic rings. The van der Waals surface area contributed by atoms with Crippen molar-refractivity contribution in [1.29, 1.82) is 0 Å². The van der Waals surface area contributed by atoms with Crippen molar-refractivity contribution in [3.8, 4) is 0 Å². The summed E-state index contributed by atoms with van der Waals surface area (Å²) in [7, 11) is 0. The minimum absolute atomic E-state index is 0.103. The number of likely N-dealkylation sites (N-methyl/N-ethyl adjacent to an activating group) is 1. The van der Waals surface area contributed by atoms with Gasteiger partial charge in [0.1, 0.15) is 6.54 Å². The van der Waals surface area contributed by atoms with E-state index in [1.807, 2.05) is 38.1 Å². The van der Waals surface area contributed by atoms with Gasteiger partial charge in [-0.05, 0) is 62.8 Å². The van der Waals surface area contributed by atoms with E-state index in [4.69, 9.17) is 0 Å². The highest BCUT2D eigenvalue weighted by molar-refractivity contribution is 7.18. The number of aryl methyl sites for hydroxylation is 3. The van der Waals surface area contributed by atoms with Gasteiger partial charge >= 0.3 is 0 Å². The molecule has 1 aliphatic rings. The Kier molecular flexibility index (Phi) is 4.78. The van der Waals surface area contributed by atoms with E-state index in [-0.39, 0.29) is 18.0 Å². The molecule has 140 valence electrons. The summed E-state index contributed by atoms with van der Waals surface area (Å²) < 4.78 is 1.21. The first kappa shape index (κ1) is 17.9. The van der Waals surface area contributed by atoms with Crippen LogP contribution < -0.4 is 10.5 Å². The van der Waals surface area contributed by atoms with Gasteiger partial charge in [-0.15, -0.1) is 16.4 Å². The number of rotatable bonds is 4. The predicted molar refractivity (Wildman–Crippen MR) is 108 cm³/mol. The topological polar surface area (TPSA) is 68.1 Å². The van der Waals surface area contributed by atoms with Crippen LogP contribution in [0.25, 0.3) is 10.2 Å². The van der Waals surface area contributed by atoms with Gasteiger partial charge in [0.05, 0.1) is 5.39 Å². The van der Waals surface area contributed by atoms with Crippen LogP contribution in [-0.2, 0) is 24.2 Å². The summed E-state index contributed by atoms with van der Waals surface area (Å²) >= 11 is 1.57. The van der Waals surface area contributed by atoms with Crippen molar-refractivity contribution in [3.63, 3.8) is 0 Å². The maximum atomic E-state index is 13.0. The molecular weight excluding hydrogens is 360 g/mol. The summed E-state index contributed by atoms with van der Waals surface area (Å²) in [6.07, 6.45) is 4.17. The lowest BCUT2D eigenvalue weighted by molar-refractivity contribution is -0.119. The normalized spacial score (nSPS) is 13.6. The van der Waals surface area contributed by atoms with E-state index in [0.717, 1.165) is 42.5 Å². The fraction of sp³-hybridized carbons (Fsp3) is 0.400. The number of anilines is 1. The highest BCUT2D eigenvalue weighted by atomic mass is 32.1. The maximum Gasteiger partial charge on any atom is 0.279 e. The van der Waals surface area contributed by atoms with Gasteiger partial charge in [0.25, 0.3) is 5.56 Å². The molecule has 4 rings (SSSR count). The number of hydrogen-bond acceptors (Lipinski definition) is 5. The number of nitrogens with zero attached hydrogens (tertiary/aromatic N) is 4. The fourth-order valence-electron chi connectivity index (χ4n) is 3.72. The molecule has 0 saturated heterocycles. The molecule has 2 heterocycles. The Morgan fingerprint density at radius 3 is 2.89 bits per heavy atom. The number of amides is 1. The Labute approximate surface area is 161 Å². The molecule has 1 aromatic carbocycles. The van der Waals surface area contributed by atoms with Crippen LogP contribution >= 0.6 is 11.3 Å². The number of aromatic nitrogens is 3. The second-order valence-electron chi connectivity index (χ2n) is 6.92. The van der Waals surface area contributed by atoms with Gasteiger partial charge in [0.15, 0.2) is 4.83 Å². The van der Waals surface area contributed by atoms with E-state index in [0.29, 0.717) is 16.8 Å². The highest BCUT2D eigenvalue weighted by Crippen LogP contribution is 2.33. The Balaban J connectivity index is 1.67. The molecule has 2 aromatic heterocycles. The lowest BCUT2D eigenvalue weighted by Crippen LogP contribution is -2.37. The molecule has 1 amide bonds. The maximum absolute atomic E-state index is 13.0. The number of carbonyl (C=O) groups is 1. The quantitative estimate of drug-likeness (QED) is 0.695. The van der Waals surface area contributed by atoms with Crippen molar-refractivity contribution < 1.29 is 4.79 Å². The molecule has 0 N–H and O–H groups in total. The number of fused-ring (bicyclic) bond motifs is 3. The Morgan fingerprint density at radius 1 is 1.30 bits per heavy atom. The second-order valence-corrected chi connectivity index (χ2v) is 8.00. The summed E-state index contributed by atoms with van der Waals surface area (Å²) in [5.74, 6) is -0.164. The van der Waals surface area contributed by atoms with Crippen LogP contribution in [0.15, 0.2) is 29.1 Å². The van der Waals surface area contributed by atoms with Crippen molar-refractivity contribution in [2.45, 2.75) is 46.1 Å². The van der Waals surface area contributed by atoms with Gasteiger partial charge < -0.3 is 4.90 Å². The first-order chi connectivity index (χ1) is 13.1. The predicted octanol–water partition coefficient (Wildman–Crippen LogP) is 3.09. The first-order valence-electron chi connectivity index (χ1n) is 9.33. The average Bonchev–Trinajstić information content (AvgIpc) is 3.04. The molecule has 0 bridgehead atoms. The van der Waals surface area contributed by atoms with E-state index in [1.54, 1.807) is 16.2 Å². The zero-order valence-electron chi connectivity index (χ0n) is 15.6. The molecule has 7 heteroatoms. The molecule has 0 spiro atoms. The van der Waals surface area contributed by atoms with Crippen LogP contribution in [0.2, 0.25) is 0 Å². The molecule has 6 nitrogen and oxygen atoms in total. The molecule has 27 heavy (non-hydrogen) atoms. The van der Waals surface area contributed by atoms with E-state index in [1.165, 1.54) is 9.56 Å². The average molecular weight is 382 g/mol. The van der Waals surface area contributed by atoms with Gasteiger partial charge in [0, 0.05) is 17.1 Å². The van der Waals surface area contributed by atoms with Gasteiger partial charge in [-0.25, -0.2) is 4.68 Å². The molecule has 1 aliphatic carbocycles. The number of thiophene rings is 1. The van der Waals surface area contributed by atoms with E-state index in [9.17, 15) is 9.59 Å². The van der Waals surface area contributed by atoms with Gasteiger partial charge in [0.2, 0.25) is 5.91 Å². The van der Waals surface area contributed by atoms with E-state index < -0.39 is 0 Å². The first-order valence-corrected chi connectivity index (χ1v) is 10.1. The third-order valence-electron chi connectivity index (χ3n) is 5.06. The van der Waals surface area contributed by atoms with Crippen molar-refractivity contribution >= 4 is 33.1 Å². The van der Waals surface area contributed by atoms with Crippen LogP contribution in [-0.4, -0.2) is 27.4 Å². The summed E-state index contributed by atoms with van der Waals surface area (Å²) in [5.41, 5.74) is 2.83. The summed E-state index contributed by atoms with van der Waals surface area (Å²) in [6.45, 7) is 4.34. The highest BCUT2D eigenvalue weighted by Gasteiger charge is 2.22. The Morgan fingerprint density at radius 2 is 2.11 bits per heavy atom. The van der Waals surface area contributed by atoms with Gasteiger partial charge in [-0.2, -0.15) is 0 Å². The Bertz CT molecular complexity index is 1070. The van der Waals surface area contributed by atoms with Crippen molar-refractivity contribution in [3.05, 3.63) is 50.6 Å². The third-order valence-corrected chi connectivity index (χ3v) is 6.24. The van der Waals surface area contributed by atoms with Crippen LogP contribution in [0.1, 0.15) is 35.8 Å². The molecule has 0 fully saturated rings. The fourth-order valence-corrected chi connectivity index (χ4v) is 4.92. The number of benzene rings is 1. The molecule has 0 radical (unpaired) electrons. The third kappa shape index (κ3) is 3.27. The van der Waals surface area contributed by atoms with Crippen LogP contribution in [0.4, 0.5) is 5.69 Å². The monoisotopic (exact) mass is 382 g/mol. The van der Waals surface area contributed by atoms with Crippen LogP contribution in [0, 0.1) is 6.92 Å². The molecule has 0 atom stereocenters. The minimum atomic E-state index is -0.201. The lowest BCUT2D eigenvalue weighted by Gasteiger charge is -2.21. The number of carbonyl (C=O) groups excluding carboxylic acids is 1. The lowest BCUT2D eigenvalue weighted by atomic mass is 9.97. The van der Waals surface area contributed by atoms with Crippen molar-refractivity contribution in [1.82, 2.24) is 15.0 Å². The van der Waals surface area contributed by atoms with E-state index >= 15 is 0 Å². The summed E-state index contributed by atoms with van der Waals surface area (Å²) in [6, 6.07) is 7.79. The van der Waals surface area contributed by atoms with Crippen molar-refractivity contribution in [2.24, 2.45) is 0 Å². The summed E-state index contributed by atoms with van der Waals surface area (Å²) in [4.78, 5) is 29.5. The van der Waals surface area contributed by atoms with Crippen molar-refractivity contribution in [2.75, 3.05) is 11.4 Å². The largest absolute Gasteiger partial charge is 0.311 e. The SMILES string of the molecule is CCN(C(=O)Cn1nnc2sc3c(c2c1=O)CCCC3)c1cccc(C)c1. The standard InChI is InChI=1S/C20H22N4O2S/c1-3-23(14-8-6-7-13(2)11-14)17(25)12-24-20(26)18-15-9-4-5-10-16(15)27-19(18)21-22-24/h6-8,11H,3-5,9-10,12H2,1-2H3. The zero-order chi connectivity index (χ0) is 19.0. The Hall–Kier alpha value is -2.54. The summed E-state index contributed by atoms with van der Waals surface area (Å²) in [5, 5.41) is 8.93. The smallest absolute Gasteiger partial charge is 0.279 e.